The first-order valence-electron chi connectivity index (χ1n) is 2.78. The molecule has 0 saturated heterocycles. The predicted molar refractivity (Wildman–Crippen MR) is 41.5 cm³/mol. The Balaban J connectivity index is 3.82. The molecule has 0 fully saturated rings. The van der Waals surface area contributed by atoms with Gasteiger partial charge in [0.2, 0.25) is 0 Å². The van der Waals surface area contributed by atoms with E-state index in [1.807, 2.05) is 6.92 Å². The number of halogens is 1. The fourth-order valence-electron chi connectivity index (χ4n) is 0.437. The zero-order valence-corrected chi connectivity index (χ0v) is 6.52. The smallest absolute Gasteiger partial charge is 0.0380 e. The van der Waals surface area contributed by atoms with E-state index in [4.69, 9.17) is 11.6 Å². The van der Waals surface area contributed by atoms with E-state index in [1.165, 1.54) is 0 Å². The molecule has 0 bridgehead atoms. The summed E-state index contributed by atoms with van der Waals surface area (Å²) in [6, 6.07) is 0. The number of hydrogen-bond acceptors (Lipinski definition) is 2. The Hall–Kier alpha value is -0.500. The van der Waals surface area contributed by atoms with Crippen molar-refractivity contribution in [3.8, 4) is 0 Å². The molecule has 0 aliphatic carbocycles. The highest BCUT2D eigenvalue weighted by Crippen LogP contribution is 2.00. The molecule has 0 aromatic carbocycles. The molecule has 9 heavy (non-hydrogen) atoms. The third kappa shape index (κ3) is 4.03. The Morgan fingerprint density at radius 3 is 2.56 bits per heavy atom. The molecule has 0 radical (unpaired) electrons. The highest BCUT2D eigenvalue weighted by atomic mass is 35.5. The lowest BCUT2D eigenvalue weighted by molar-refractivity contribution is 0.424. The van der Waals surface area contributed by atoms with Gasteiger partial charge in [-0.05, 0) is 13.8 Å². The van der Waals surface area contributed by atoms with E-state index in [9.17, 15) is 0 Å². The molecule has 0 aliphatic heterocycles. The number of rotatable bonds is 3. The SMILES string of the molecule is C=NN(C=C(C)Cl)CC. The molecule has 0 N–H and O–H groups in total. The van der Waals surface area contributed by atoms with Crippen molar-refractivity contribution < 1.29 is 0 Å². The highest BCUT2D eigenvalue weighted by Gasteiger charge is 1.88. The van der Waals surface area contributed by atoms with Crippen LogP contribution in [-0.2, 0) is 0 Å². The zero-order valence-electron chi connectivity index (χ0n) is 5.76. The van der Waals surface area contributed by atoms with Gasteiger partial charge in [0, 0.05) is 24.5 Å². The summed E-state index contributed by atoms with van der Waals surface area (Å²) in [6.07, 6.45) is 1.73. The van der Waals surface area contributed by atoms with Crippen LogP contribution in [0.15, 0.2) is 16.3 Å². The maximum Gasteiger partial charge on any atom is 0.0380 e. The topological polar surface area (TPSA) is 15.6 Å². The van der Waals surface area contributed by atoms with Gasteiger partial charge in [-0.2, -0.15) is 5.10 Å². The van der Waals surface area contributed by atoms with Crippen molar-refractivity contribution in [2.24, 2.45) is 5.10 Å². The van der Waals surface area contributed by atoms with Crippen molar-refractivity contribution in [2.45, 2.75) is 13.8 Å². The maximum atomic E-state index is 5.56. The minimum Gasteiger partial charge on any atom is -0.273 e. The van der Waals surface area contributed by atoms with Crippen molar-refractivity contribution in [1.29, 1.82) is 0 Å². The van der Waals surface area contributed by atoms with E-state index in [0.29, 0.717) is 5.03 Å². The van der Waals surface area contributed by atoms with E-state index in [2.05, 4.69) is 11.8 Å². The molecule has 0 aliphatic rings. The van der Waals surface area contributed by atoms with Crippen molar-refractivity contribution in [2.75, 3.05) is 6.54 Å². The first-order chi connectivity index (χ1) is 4.20. The summed E-state index contributed by atoms with van der Waals surface area (Å²) < 4.78 is 0. The predicted octanol–water partition coefficient (Wildman–Crippen LogP) is 2.02. The van der Waals surface area contributed by atoms with Crippen LogP contribution < -0.4 is 0 Å². The lowest BCUT2D eigenvalue weighted by atomic mass is 10.6. The third-order valence-corrected chi connectivity index (χ3v) is 0.930. The lowest BCUT2D eigenvalue weighted by Gasteiger charge is -2.08. The van der Waals surface area contributed by atoms with Gasteiger partial charge in [-0.3, -0.25) is 5.01 Å². The summed E-state index contributed by atoms with van der Waals surface area (Å²) in [4.78, 5) is 0. The largest absolute Gasteiger partial charge is 0.273 e. The van der Waals surface area contributed by atoms with Gasteiger partial charge in [-0.1, -0.05) is 11.6 Å². The standard InChI is InChI=1S/C6H11ClN2/c1-4-9(8-3)5-6(2)7/h5H,3-4H2,1-2H3. The Labute approximate surface area is 60.8 Å². The van der Waals surface area contributed by atoms with E-state index < -0.39 is 0 Å². The van der Waals surface area contributed by atoms with E-state index in [-0.39, 0.29) is 0 Å². The number of nitrogens with zero attached hydrogens (tertiary/aromatic N) is 2. The van der Waals surface area contributed by atoms with Gasteiger partial charge in [0.25, 0.3) is 0 Å². The molecule has 0 unspecified atom stereocenters. The highest BCUT2D eigenvalue weighted by molar-refractivity contribution is 6.29. The fraction of sp³-hybridized carbons (Fsp3) is 0.500. The van der Waals surface area contributed by atoms with Crippen molar-refractivity contribution in [3.05, 3.63) is 11.2 Å². The molecule has 0 heterocycles. The average molecular weight is 147 g/mol. The Morgan fingerprint density at radius 2 is 2.44 bits per heavy atom. The summed E-state index contributed by atoms with van der Waals surface area (Å²) in [7, 11) is 0. The molecular formula is C6H11ClN2. The van der Waals surface area contributed by atoms with Crippen molar-refractivity contribution in [3.63, 3.8) is 0 Å². The number of hydrogen-bond donors (Lipinski definition) is 0. The van der Waals surface area contributed by atoms with E-state index in [0.717, 1.165) is 6.54 Å². The molecule has 3 heteroatoms. The molecule has 0 atom stereocenters. The quantitative estimate of drug-likeness (QED) is 0.440. The molecule has 0 aromatic rings. The van der Waals surface area contributed by atoms with Gasteiger partial charge in [0.05, 0.1) is 0 Å². The van der Waals surface area contributed by atoms with Crippen LogP contribution >= 0.6 is 11.6 Å². The summed E-state index contributed by atoms with van der Waals surface area (Å²) >= 11 is 5.56. The van der Waals surface area contributed by atoms with Gasteiger partial charge in [0.1, 0.15) is 0 Å². The summed E-state index contributed by atoms with van der Waals surface area (Å²) in [5.74, 6) is 0. The van der Waals surface area contributed by atoms with Crippen LogP contribution in [0.1, 0.15) is 13.8 Å². The Kier molecular flexibility index (Phi) is 4.14. The minimum atomic E-state index is 0.712. The van der Waals surface area contributed by atoms with E-state index in [1.54, 1.807) is 18.1 Å². The second-order valence-corrected chi connectivity index (χ2v) is 2.21. The summed E-state index contributed by atoms with van der Waals surface area (Å²) in [5.41, 5.74) is 0. The van der Waals surface area contributed by atoms with Crippen molar-refractivity contribution in [1.82, 2.24) is 5.01 Å². The number of allylic oxidation sites excluding steroid dienone is 1. The van der Waals surface area contributed by atoms with Gasteiger partial charge < -0.3 is 0 Å². The van der Waals surface area contributed by atoms with Crippen LogP contribution in [0, 0.1) is 0 Å². The van der Waals surface area contributed by atoms with Crippen LogP contribution in [0.4, 0.5) is 0 Å². The molecule has 0 spiro atoms. The van der Waals surface area contributed by atoms with Crippen LogP contribution in [0.3, 0.4) is 0 Å². The summed E-state index contributed by atoms with van der Waals surface area (Å²) in [6.45, 7) is 7.93. The van der Waals surface area contributed by atoms with Gasteiger partial charge in [0.15, 0.2) is 0 Å². The minimum absolute atomic E-state index is 0.712. The summed E-state index contributed by atoms with van der Waals surface area (Å²) in [5, 5.41) is 6.05. The van der Waals surface area contributed by atoms with Crippen LogP contribution in [-0.4, -0.2) is 18.3 Å². The van der Waals surface area contributed by atoms with E-state index >= 15 is 0 Å². The molecular weight excluding hydrogens is 136 g/mol. The third-order valence-electron chi connectivity index (χ3n) is 0.833. The zero-order chi connectivity index (χ0) is 7.28. The molecule has 52 valence electrons. The molecule has 0 saturated carbocycles. The van der Waals surface area contributed by atoms with Gasteiger partial charge in [-0.25, -0.2) is 0 Å². The maximum absolute atomic E-state index is 5.56. The van der Waals surface area contributed by atoms with Crippen molar-refractivity contribution >= 4 is 18.3 Å². The Bertz CT molecular complexity index is 116. The second kappa shape index (κ2) is 4.39. The van der Waals surface area contributed by atoms with Crippen LogP contribution in [0.5, 0.6) is 0 Å². The van der Waals surface area contributed by atoms with Crippen LogP contribution in [0.2, 0.25) is 0 Å². The average Bonchev–Trinajstić information content (AvgIpc) is 1.82. The van der Waals surface area contributed by atoms with Gasteiger partial charge >= 0.3 is 0 Å². The monoisotopic (exact) mass is 146 g/mol. The normalized spacial score (nSPS) is 11.2. The fourth-order valence-corrected chi connectivity index (χ4v) is 0.550. The molecule has 0 rings (SSSR count). The lowest BCUT2D eigenvalue weighted by Crippen LogP contribution is -2.07. The first-order valence-corrected chi connectivity index (χ1v) is 3.15. The van der Waals surface area contributed by atoms with Gasteiger partial charge in [-0.15, -0.1) is 0 Å². The molecule has 0 aromatic heterocycles. The Morgan fingerprint density at radius 1 is 1.89 bits per heavy atom. The first kappa shape index (κ1) is 8.50. The molecule has 0 amide bonds. The van der Waals surface area contributed by atoms with Crippen LogP contribution in [0.25, 0.3) is 0 Å². The second-order valence-electron chi connectivity index (χ2n) is 1.61. The number of hydrazone groups is 1. The molecule has 2 nitrogen and oxygen atoms in total.